The Morgan fingerprint density at radius 2 is 1.48 bits per heavy atom. The van der Waals surface area contributed by atoms with Gasteiger partial charge in [-0.2, -0.15) is 9.78 Å². The molecule has 4 aromatic rings. The van der Waals surface area contributed by atoms with Crippen LogP contribution in [0.1, 0.15) is 10.5 Å². The summed E-state index contributed by atoms with van der Waals surface area (Å²) in [5, 5.41) is 7.86. The minimum absolute atomic E-state index is 0.110. The number of anilines is 1. The molecular formula is C21H14FN3O2. The summed E-state index contributed by atoms with van der Waals surface area (Å²) in [5.41, 5.74) is 0.723. The number of fused-ring (bicyclic) bond motifs is 1. The van der Waals surface area contributed by atoms with Crippen molar-refractivity contribution in [2.24, 2.45) is 0 Å². The zero-order chi connectivity index (χ0) is 18.8. The highest BCUT2D eigenvalue weighted by Crippen LogP contribution is 2.17. The van der Waals surface area contributed by atoms with Gasteiger partial charge in [0.05, 0.1) is 11.1 Å². The van der Waals surface area contributed by atoms with E-state index in [1.807, 2.05) is 6.07 Å². The molecule has 27 heavy (non-hydrogen) atoms. The van der Waals surface area contributed by atoms with E-state index < -0.39 is 11.7 Å². The van der Waals surface area contributed by atoms with Crippen LogP contribution in [0.15, 0.2) is 83.7 Å². The number of carbonyl (C=O) groups is 1. The van der Waals surface area contributed by atoms with Gasteiger partial charge in [-0.1, -0.05) is 36.4 Å². The molecule has 0 aliphatic carbocycles. The maximum atomic E-state index is 13.2. The first-order chi connectivity index (χ1) is 13.1. The van der Waals surface area contributed by atoms with Crippen molar-refractivity contribution in [3.05, 3.63) is 101 Å². The van der Waals surface area contributed by atoms with Gasteiger partial charge >= 0.3 is 0 Å². The molecule has 0 saturated carbocycles. The van der Waals surface area contributed by atoms with Gasteiger partial charge in [0.1, 0.15) is 5.82 Å². The molecule has 0 fully saturated rings. The van der Waals surface area contributed by atoms with E-state index in [0.29, 0.717) is 22.1 Å². The number of hydrogen-bond acceptors (Lipinski definition) is 3. The fourth-order valence-corrected chi connectivity index (χ4v) is 2.83. The van der Waals surface area contributed by atoms with Gasteiger partial charge in [0.15, 0.2) is 5.69 Å². The average Bonchev–Trinajstić information content (AvgIpc) is 2.70. The van der Waals surface area contributed by atoms with Crippen molar-refractivity contribution in [3.8, 4) is 5.69 Å². The van der Waals surface area contributed by atoms with Crippen molar-refractivity contribution in [1.82, 2.24) is 9.78 Å². The summed E-state index contributed by atoms with van der Waals surface area (Å²) < 4.78 is 14.3. The van der Waals surface area contributed by atoms with E-state index in [0.717, 1.165) is 4.68 Å². The molecule has 4 rings (SSSR count). The van der Waals surface area contributed by atoms with E-state index in [9.17, 15) is 14.0 Å². The van der Waals surface area contributed by atoms with Crippen molar-refractivity contribution in [3.63, 3.8) is 0 Å². The Labute approximate surface area is 153 Å². The third-order valence-corrected chi connectivity index (χ3v) is 4.12. The van der Waals surface area contributed by atoms with Crippen LogP contribution in [0.4, 0.5) is 10.1 Å². The highest BCUT2D eigenvalue weighted by molar-refractivity contribution is 6.11. The van der Waals surface area contributed by atoms with Crippen LogP contribution in [0.3, 0.4) is 0 Å². The molecule has 0 aliphatic rings. The van der Waals surface area contributed by atoms with Crippen LogP contribution in [0.5, 0.6) is 0 Å². The number of nitrogens with zero attached hydrogens (tertiary/aromatic N) is 2. The van der Waals surface area contributed by atoms with Crippen molar-refractivity contribution in [2.45, 2.75) is 0 Å². The van der Waals surface area contributed by atoms with E-state index >= 15 is 0 Å². The van der Waals surface area contributed by atoms with Gasteiger partial charge in [-0.25, -0.2) is 4.39 Å². The average molecular weight is 359 g/mol. The summed E-state index contributed by atoms with van der Waals surface area (Å²) in [5.74, 6) is -0.858. The number of amides is 1. The first-order valence-corrected chi connectivity index (χ1v) is 8.28. The second kappa shape index (κ2) is 6.84. The van der Waals surface area contributed by atoms with Crippen LogP contribution in [-0.4, -0.2) is 15.7 Å². The molecule has 5 nitrogen and oxygen atoms in total. The van der Waals surface area contributed by atoms with Gasteiger partial charge in [-0.15, -0.1) is 0 Å². The van der Waals surface area contributed by atoms with E-state index in [1.165, 1.54) is 24.3 Å². The number of rotatable bonds is 3. The molecule has 0 atom stereocenters. The van der Waals surface area contributed by atoms with Gasteiger partial charge in [-0.05, 0) is 42.5 Å². The van der Waals surface area contributed by atoms with Crippen LogP contribution < -0.4 is 10.9 Å². The van der Waals surface area contributed by atoms with Gasteiger partial charge in [0.25, 0.3) is 11.5 Å². The van der Waals surface area contributed by atoms with Crippen molar-refractivity contribution in [1.29, 1.82) is 0 Å². The summed E-state index contributed by atoms with van der Waals surface area (Å²) >= 11 is 0. The molecule has 0 aliphatic heterocycles. The number of para-hydroxylation sites is 1. The Morgan fingerprint density at radius 1 is 0.852 bits per heavy atom. The fraction of sp³-hybridized carbons (Fsp3) is 0. The second-order valence-electron chi connectivity index (χ2n) is 5.91. The van der Waals surface area contributed by atoms with E-state index in [1.54, 1.807) is 48.5 Å². The molecule has 132 valence electrons. The predicted molar refractivity (Wildman–Crippen MR) is 102 cm³/mol. The lowest BCUT2D eigenvalue weighted by Gasteiger charge is -2.11. The van der Waals surface area contributed by atoms with Crippen LogP contribution in [-0.2, 0) is 0 Å². The predicted octanol–water partition coefficient (Wildman–Crippen LogP) is 3.78. The standard InChI is InChI=1S/C21H14FN3O2/c22-14-10-12-16(13-11-14)25-21(27)18-9-5-4-8-17(18)19(24-25)20(26)23-15-6-2-1-3-7-15/h1-13H,(H,23,26). The highest BCUT2D eigenvalue weighted by Gasteiger charge is 2.17. The summed E-state index contributed by atoms with van der Waals surface area (Å²) in [6.07, 6.45) is 0. The molecule has 6 heteroatoms. The molecule has 3 aromatic carbocycles. The minimum atomic E-state index is -0.437. The fourth-order valence-electron chi connectivity index (χ4n) is 2.83. The second-order valence-corrected chi connectivity index (χ2v) is 5.91. The number of halogens is 1. The smallest absolute Gasteiger partial charge is 0.279 e. The van der Waals surface area contributed by atoms with Crippen molar-refractivity contribution < 1.29 is 9.18 Å². The minimum Gasteiger partial charge on any atom is -0.321 e. The molecule has 0 spiro atoms. The maximum absolute atomic E-state index is 13.2. The summed E-state index contributed by atoms with van der Waals surface area (Å²) in [6, 6.07) is 21.1. The lowest BCUT2D eigenvalue weighted by molar-refractivity contribution is 0.102. The lowest BCUT2D eigenvalue weighted by Crippen LogP contribution is -2.26. The summed E-state index contributed by atoms with van der Waals surface area (Å²) in [7, 11) is 0. The monoisotopic (exact) mass is 359 g/mol. The van der Waals surface area contributed by atoms with Crippen LogP contribution in [0, 0.1) is 5.82 Å². The molecule has 1 amide bonds. The summed E-state index contributed by atoms with van der Waals surface area (Å²) in [4.78, 5) is 25.6. The van der Waals surface area contributed by atoms with E-state index in [4.69, 9.17) is 0 Å². The molecule has 1 heterocycles. The molecule has 1 N–H and O–H groups in total. The number of nitrogens with one attached hydrogen (secondary N) is 1. The van der Waals surface area contributed by atoms with Crippen LogP contribution in [0.25, 0.3) is 16.5 Å². The van der Waals surface area contributed by atoms with Crippen LogP contribution in [0.2, 0.25) is 0 Å². The number of aromatic nitrogens is 2. The molecule has 0 radical (unpaired) electrons. The Kier molecular flexibility index (Phi) is 4.22. The quantitative estimate of drug-likeness (QED) is 0.605. The van der Waals surface area contributed by atoms with Crippen molar-refractivity contribution in [2.75, 3.05) is 5.32 Å². The van der Waals surface area contributed by atoms with Gasteiger partial charge < -0.3 is 5.32 Å². The number of benzene rings is 3. The molecule has 1 aromatic heterocycles. The van der Waals surface area contributed by atoms with Gasteiger partial charge in [0, 0.05) is 11.1 Å². The van der Waals surface area contributed by atoms with Crippen molar-refractivity contribution >= 4 is 22.4 Å². The largest absolute Gasteiger partial charge is 0.321 e. The first kappa shape index (κ1) is 16.7. The van der Waals surface area contributed by atoms with E-state index in [-0.39, 0.29) is 11.3 Å². The molecule has 0 saturated heterocycles. The molecular weight excluding hydrogens is 345 g/mol. The molecule has 0 unspecified atom stereocenters. The summed E-state index contributed by atoms with van der Waals surface area (Å²) in [6.45, 7) is 0. The topological polar surface area (TPSA) is 64.0 Å². The Bertz CT molecular complexity index is 1190. The highest BCUT2D eigenvalue weighted by atomic mass is 19.1. The molecule has 0 bridgehead atoms. The normalized spacial score (nSPS) is 10.7. The SMILES string of the molecule is O=C(Nc1ccccc1)c1nn(-c2ccc(F)cc2)c(=O)c2ccccc12. The Hall–Kier alpha value is -3.80. The Balaban J connectivity index is 1.89. The number of carbonyl (C=O) groups excluding carboxylic acids is 1. The van der Waals surface area contributed by atoms with Crippen LogP contribution >= 0.6 is 0 Å². The Morgan fingerprint density at radius 3 is 2.19 bits per heavy atom. The van der Waals surface area contributed by atoms with E-state index in [2.05, 4.69) is 10.4 Å². The third kappa shape index (κ3) is 3.20. The zero-order valence-corrected chi connectivity index (χ0v) is 14.1. The van der Waals surface area contributed by atoms with Gasteiger partial charge in [-0.3, -0.25) is 9.59 Å². The maximum Gasteiger partial charge on any atom is 0.279 e. The number of hydrogen-bond donors (Lipinski definition) is 1. The zero-order valence-electron chi connectivity index (χ0n) is 14.1. The van der Waals surface area contributed by atoms with Gasteiger partial charge in [0.2, 0.25) is 0 Å². The first-order valence-electron chi connectivity index (χ1n) is 8.28. The third-order valence-electron chi connectivity index (χ3n) is 4.12. The lowest BCUT2D eigenvalue weighted by atomic mass is 10.1.